The molecule has 21 heavy (non-hydrogen) atoms. The number of benzene rings is 2. The summed E-state index contributed by atoms with van der Waals surface area (Å²) in [7, 11) is 1.64. The van der Waals surface area contributed by atoms with Crippen molar-refractivity contribution in [2.75, 3.05) is 36.1 Å². The van der Waals surface area contributed by atoms with Crippen molar-refractivity contribution in [1.82, 2.24) is 0 Å². The Labute approximate surface area is 125 Å². The van der Waals surface area contributed by atoms with Gasteiger partial charge in [-0.15, -0.1) is 0 Å². The molecule has 1 heterocycles. The van der Waals surface area contributed by atoms with Crippen LogP contribution in [-0.4, -0.2) is 20.2 Å². The molecule has 0 aromatic heterocycles. The number of nitrogen functional groups attached to an aromatic ring is 1. The predicted molar refractivity (Wildman–Crippen MR) is 88.6 cm³/mol. The van der Waals surface area contributed by atoms with E-state index in [0.29, 0.717) is 5.69 Å². The quantitative estimate of drug-likeness (QED) is 0.841. The zero-order chi connectivity index (χ0) is 14.7. The van der Waals surface area contributed by atoms with Crippen LogP contribution >= 0.6 is 0 Å². The Hall–Kier alpha value is -2.36. The van der Waals surface area contributed by atoms with Crippen LogP contribution in [0.1, 0.15) is 12.8 Å². The van der Waals surface area contributed by atoms with Crippen LogP contribution in [0.4, 0.5) is 22.7 Å². The van der Waals surface area contributed by atoms with Crippen LogP contribution in [0.3, 0.4) is 0 Å². The Morgan fingerprint density at radius 1 is 1.05 bits per heavy atom. The molecule has 110 valence electrons. The molecular formula is C17H21N3O. The fraction of sp³-hybridized carbons (Fsp3) is 0.294. The zero-order valence-electron chi connectivity index (χ0n) is 12.3. The molecule has 0 unspecified atom stereocenters. The van der Waals surface area contributed by atoms with Crippen molar-refractivity contribution in [3.63, 3.8) is 0 Å². The molecule has 4 nitrogen and oxygen atoms in total. The van der Waals surface area contributed by atoms with Crippen LogP contribution in [0.25, 0.3) is 0 Å². The molecule has 1 saturated heterocycles. The molecule has 0 saturated carbocycles. The number of ether oxygens (including phenoxy) is 1. The van der Waals surface area contributed by atoms with Crippen molar-refractivity contribution in [3.8, 4) is 5.75 Å². The van der Waals surface area contributed by atoms with Crippen molar-refractivity contribution < 1.29 is 4.74 Å². The van der Waals surface area contributed by atoms with Crippen LogP contribution in [0.2, 0.25) is 0 Å². The third-order valence-electron chi connectivity index (χ3n) is 3.88. The second-order valence-electron chi connectivity index (χ2n) is 5.32. The first-order valence-corrected chi connectivity index (χ1v) is 7.32. The van der Waals surface area contributed by atoms with Gasteiger partial charge in [0.1, 0.15) is 5.75 Å². The minimum atomic E-state index is 0.679. The molecule has 0 radical (unpaired) electrons. The van der Waals surface area contributed by atoms with Gasteiger partial charge in [0.25, 0.3) is 0 Å². The first kappa shape index (κ1) is 13.6. The van der Waals surface area contributed by atoms with E-state index < -0.39 is 0 Å². The summed E-state index contributed by atoms with van der Waals surface area (Å²) in [6, 6.07) is 14.2. The summed E-state index contributed by atoms with van der Waals surface area (Å²) in [5.74, 6) is 0.766. The minimum absolute atomic E-state index is 0.679. The fourth-order valence-electron chi connectivity index (χ4n) is 2.67. The fourth-order valence-corrected chi connectivity index (χ4v) is 2.67. The first-order chi connectivity index (χ1) is 10.3. The van der Waals surface area contributed by atoms with Gasteiger partial charge in [-0.3, -0.25) is 0 Å². The van der Waals surface area contributed by atoms with Gasteiger partial charge in [0.05, 0.1) is 18.5 Å². The van der Waals surface area contributed by atoms with Gasteiger partial charge in [-0.1, -0.05) is 0 Å². The van der Waals surface area contributed by atoms with Gasteiger partial charge in [0.2, 0.25) is 0 Å². The molecule has 0 spiro atoms. The van der Waals surface area contributed by atoms with Crippen LogP contribution in [0, 0.1) is 0 Å². The van der Waals surface area contributed by atoms with E-state index in [-0.39, 0.29) is 0 Å². The van der Waals surface area contributed by atoms with Crippen molar-refractivity contribution in [2.24, 2.45) is 0 Å². The molecule has 1 aliphatic heterocycles. The third kappa shape index (κ3) is 3.05. The maximum absolute atomic E-state index is 6.02. The highest BCUT2D eigenvalue weighted by molar-refractivity contribution is 5.74. The minimum Gasteiger partial charge on any atom is -0.497 e. The molecule has 0 aliphatic carbocycles. The summed E-state index contributed by atoms with van der Waals surface area (Å²) in [6.45, 7) is 2.33. The Morgan fingerprint density at radius 2 is 1.76 bits per heavy atom. The van der Waals surface area contributed by atoms with E-state index in [4.69, 9.17) is 10.5 Å². The maximum atomic E-state index is 6.02. The number of anilines is 4. The normalized spacial score (nSPS) is 14.2. The summed E-state index contributed by atoms with van der Waals surface area (Å²) in [6.07, 6.45) is 2.59. The largest absolute Gasteiger partial charge is 0.497 e. The molecule has 3 rings (SSSR count). The number of hydrogen-bond acceptors (Lipinski definition) is 4. The summed E-state index contributed by atoms with van der Waals surface area (Å²) in [5, 5.41) is 3.34. The summed E-state index contributed by atoms with van der Waals surface area (Å²) in [5.41, 5.74) is 9.92. The first-order valence-electron chi connectivity index (χ1n) is 7.32. The number of rotatable bonds is 4. The van der Waals surface area contributed by atoms with E-state index in [1.807, 2.05) is 18.2 Å². The molecule has 3 N–H and O–H groups in total. The number of nitrogens with two attached hydrogens (primary N) is 1. The van der Waals surface area contributed by atoms with Gasteiger partial charge in [-0.2, -0.15) is 0 Å². The lowest BCUT2D eigenvalue weighted by Gasteiger charge is -2.18. The van der Waals surface area contributed by atoms with Crippen LogP contribution < -0.4 is 20.7 Å². The van der Waals surface area contributed by atoms with E-state index in [2.05, 4.69) is 34.5 Å². The molecule has 2 aromatic carbocycles. The lowest BCUT2D eigenvalue weighted by atomic mass is 10.2. The second kappa shape index (κ2) is 5.95. The van der Waals surface area contributed by atoms with Crippen molar-refractivity contribution in [1.29, 1.82) is 0 Å². The lowest BCUT2D eigenvalue weighted by Crippen LogP contribution is -2.17. The van der Waals surface area contributed by atoms with Gasteiger partial charge in [0, 0.05) is 30.5 Å². The number of nitrogens with zero attached hydrogens (tertiary/aromatic N) is 1. The Kier molecular flexibility index (Phi) is 3.86. The number of hydrogen-bond donors (Lipinski definition) is 2. The number of nitrogens with one attached hydrogen (secondary N) is 1. The summed E-state index contributed by atoms with van der Waals surface area (Å²) in [4.78, 5) is 2.42. The smallest absolute Gasteiger partial charge is 0.121 e. The van der Waals surface area contributed by atoms with Crippen molar-refractivity contribution in [2.45, 2.75) is 12.8 Å². The van der Waals surface area contributed by atoms with E-state index in [1.54, 1.807) is 7.11 Å². The molecular weight excluding hydrogens is 262 g/mol. The molecule has 0 atom stereocenters. The van der Waals surface area contributed by atoms with Crippen molar-refractivity contribution in [3.05, 3.63) is 42.5 Å². The van der Waals surface area contributed by atoms with Crippen molar-refractivity contribution >= 4 is 22.7 Å². The molecule has 2 aromatic rings. The van der Waals surface area contributed by atoms with Crippen LogP contribution in [-0.2, 0) is 0 Å². The second-order valence-corrected chi connectivity index (χ2v) is 5.32. The van der Waals surface area contributed by atoms with Crippen LogP contribution in [0.15, 0.2) is 42.5 Å². The molecule has 0 bridgehead atoms. The molecule has 1 aliphatic rings. The maximum Gasteiger partial charge on any atom is 0.121 e. The Morgan fingerprint density at radius 3 is 2.38 bits per heavy atom. The predicted octanol–water partition coefficient (Wildman–Crippen LogP) is 3.62. The van der Waals surface area contributed by atoms with Crippen LogP contribution in [0.5, 0.6) is 5.75 Å². The van der Waals surface area contributed by atoms with E-state index in [1.165, 1.54) is 18.5 Å². The monoisotopic (exact) mass is 283 g/mol. The summed E-state index contributed by atoms with van der Waals surface area (Å²) >= 11 is 0. The lowest BCUT2D eigenvalue weighted by molar-refractivity contribution is 0.415. The highest BCUT2D eigenvalue weighted by Gasteiger charge is 2.11. The van der Waals surface area contributed by atoms with E-state index in [9.17, 15) is 0 Å². The van der Waals surface area contributed by atoms with E-state index in [0.717, 1.165) is 30.2 Å². The average Bonchev–Trinajstić information content (AvgIpc) is 3.04. The molecule has 4 heteroatoms. The molecule has 0 amide bonds. The van der Waals surface area contributed by atoms with Gasteiger partial charge in [-0.25, -0.2) is 0 Å². The standard InChI is InChI=1S/C17H21N3O/c1-21-15-8-9-17(16(18)12-15)19-13-4-6-14(7-5-13)20-10-2-3-11-20/h4-9,12,19H,2-3,10-11,18H2,1H3. The SMILES string of the molecule is COc1ccc(Nc2ccc(N3CCCC3)cc2)c(N)c1. The zero-order valence-corrected chi connectivity index (χ0v) is 12.3. The van der Waals surface area contributed by atoms with E-state index >= 15 is 0 Å². The summed E-state index contributed by atoms with van der Waals surface area (Å²) < 4.78 is 5.16. The molecule has 1 fully saturated rings. The third-order valence-corrected chi connectivity index (χ3v) is 3.88. The highest BCUT2D eigenvalue weighted by Crippen LogP contribution is 2.28. The Bertz CT molecular complexity index is 604. The topological polar surface area (TPSA) is 50.5 Å². The Balaban J connectivity index is 1.72. The number of methoxy groups -OCH3 is 1. The average molecular weight is 283 g/mol. The van der Waals surface area contributed by atoms with Gasteiger partial charge in [-0.05, 0) is 49.2 Å². The van der Waals surface area contributed by atoms with Gasteiger partial charge in [0.15, 0.2) is 0 Å². The van der Waals surface area contributed by atoms with Gasteiger partial charge >= 0.3 is 0 Å². The highest BCUT2D eigenvalue weighted by atomic mass is 16.5. The van der Waals surface area contributed by atoms with Gasteiger partial charge < -0.3 is 20.7 Å².